The third kappa shape index (κ3) is 3.84. The van der Waals surface area contributed by atoms with E-state index < -0.39 is 10.0 Å². The first-order valence-electron chi connectivity index (χ1n) is 6.30. The molecule has 0 bridgehead atoms. The Kier molecular flexibility index (Phi) is 5.79. The van der Waals surface area contributed by atoms with Crippen LogP contribution < -0.4 is 19.9 Å². The van der Waals surface area contributed by atoms with Crippen LogP contribution in [0.2, 0.25) is 0 Å². The van der Waals surface area contributed by atoms with E-state index in [-0.39, 0.29) is 29.1 Å². The fraction of sp³-hybridized carbons (Fsp3) is 0.538. The van der Waals surface area contributed by atoms with Crippen LogP contribution in [0.4, 0.5) is 0 Å². The SMILES string of the molecule is COc1ccc(OC)c(S(=O)(=O)NC(CN)C(C)C)c1. The maximum Gasteiger partial charge on any atom is 0.244 e. The van der Waals surface area contributed by atoms with Crippen LogP contribution in [-0.4, -0.2) is 35.2 Å². The van der Waals surface area contributed by atoms with Gasteiger partial charge in [0.15, 0.2) is 0 Å². The van der Waals surface area contributed by atoms with Gasteiger partial charge in [-0.25, -0.2) is 13.1 Å². The van der Waals surface area contributed by atoms with Crippen LogP contribution in [0.1, 0.15) is 13.8 Å². The molecule has 0 aromatic heterocycles. The Bertz CT molecular complexity index is 543. The topological polar surface area (TPSA) is 90.6 Å². The molecule has 0 aliphatic heterocycles. The van der Waals surface area contributed by atoms with Gasteiger partial charge in [-0.1, -0.05) is 13.8 Å². The second-order valence-corrected chi connectivity index (χ2v) is 6.41. The average molecular weight is 302 g/mol. The van der Waals surface area contributed by atoms with Gasteiger partial charge in [0.2, 0.25) is 10.0 Å². The van der Waals surface area contributed by atoms with Gasteiger partial charge in [0, 0.05) is 18.7 Å². The Labute approximate surface area is 120 Å². The largest absolute Gasteiger partial charge is 0.497 e. The van der Waals surface area contributed by atoms with Gasteiger partial charge in [0.1, 0.15) is 16.4 Å². The third-order valence-electron chi connectivity index (χ3n) is 3.03. The molecule has 1 atom stereocenters. The van der Waals surface area contributed by atoms with Crippen molar-refractivity contribution in [3.05, 3.63) is 18.2 Å². The number of ether oxygens (including phenoxy) is 2. The molecule has 0 saturated carbocycles. The molecule has 1 aromatic carbocycles. The summed E-state index contributed by atoms with van der Waals surface area (Å²) in [5.74, 6) is 0.796. The van der Waals surface area contributed by atoms with Crippen molar-refractivity contribution in [2.75, 3.05) is 20.8 Å². The first-order valence-corrected chi connectivity index (χ1v) is 7.78. The third-order valence-corrected chi connectivity index (χ3v) is 4.54. The average Bonchev–Trinajstić information content (AvgIpc) is 2.43. The number of nitrogens with two attached hydrogens (primary N) is 1. The smallest absolute Gasteiger partial charge is 0.244 e. The molecule has 3 N–H and O–H groups in total. The molecule has 0 amide bonds. The molecule has 0 fully saturated rings. The molecule has 0 heterocycles. The van der Waals surface area contributed by atoms with E-state index in [2.05, 4.69) is 4.72 Å². The summed E-state index contributed by atoms with van der Waals surface area (Å²) >= 11 is 0. The molecule has 0 saturated heterocycles. The van der Waals surface area contributed by atoms with Crippen molar-refractivity contribution >= 4 is 10.0 Å². The van der Waals surface area contributed by atoms with E-state index >= 15 is 0 Å². The highest BCUT2D eigenvalue weighted by Crippen LogP contribution is 2.28. The Morgan fingerprint density at radius 2 is 1.90 bits per heavy atom. The minimum absolute atomic E-state index is 0.0402. The number of sulfonamides is 1. The van der Waals surface area contributed by atoms with Gasteiger partial charge in [0.05, 0.1) is 14.2 Å². The molecule has 6 nitrogen and oxygen atoms in total. The summed E-state index contributed by atoms with van der Waals surface area (Å²) in [6, 6.07) is 4.28. The van der Waals surface area contributed by atoms with Crippen LogP contribution >= 0.6 is 0 Å². The molecule has 1 unspecified atom stereocenters. The molecule has 20 heavy (non-hydrogen) atoms. The summed E-state index contributed by atoms with van der Waals surface area (Å²) in [5, 5.41) is 0. The Hall–Kier alpha value is -1.31. The van der Waals surface area contributed by atoms with Gasteiger partial charge in [0.25, 0.3) is 0 Å². The minimum atomic E-state index is -3.73. The number of rotatable bonds is 7. The van der Waals surface area contributed by atoms with Crippen LogP contribution in [0.25, 0.3) is 0 Å². The van der Waals surface area contributed by atoms with Crippen molar-refractivity contribution in [2.24, 2.45) is 11.7 Å². The van der Waals surface area contributed by atoms with Crippen molar-refractivity contribution < 1.29 is 17.9 Å². The van der Waals surface area contributed by atoms with Gasteiger partial charge in [-0.2, -0.15) is 0 Å². The van der Waals surface area contributed by atoms with Crippen molar-refractivity contribution in [2.45, 2.75) is 24.8 Å². The highest BCUT2D eigenvalue weighted by molar-refractivity contribution is 7.89. The van der Waals surface area contributed by atoms with Crippen LogP contribution in [0, 0.1) is 5.92 Å². The molecule has 0 aliphatic carbocycles. The number of benzene rings is 1. The van der Waals surface area contributed by atoms with E-state index in [4.69, 9.17) is 15.2 Å². The highest BCUT2D eigenvalue weighted by Gasteiger charge is 2.25. The van der Waals surface area contributed by atoms with Crippen molar-refractivity contribution in [3.8, 4) is 11.5 Å². The maximum absolute atomic E-state index is 12.5. The van der Waals surface area contributed by atoms with Gasteiger partial charge >= 0.3 is 0 Å². The normalized spacial score (nSPS) is 13.3. The van der Waals surface area contributed by atoms with E-state index in [9.17, 15) is 8.42 Å². The summed E-state index contributed by atoms with van der Waals surface area (Å²) in [5.41, 5.74) is 5.60. The zero-order chi connectivity index (χ0) is 15.3. The summed E-state index contributed by atoms with van der Waals surface area (Å²) < 4.78 is 37.7. The van der Waals surface area contributed by atoms with E-state index in [1.165, 1.54) is 20.3 Å². The van der Waals surface area contributed by atoms with Crippen LogP contribution in [0.15, 0.2) is 23.1 Å². The van der Waals surface area contributed by atoms with Gasteiger partial charge < -0.3 is 15.2 Å². The van der Waals surface area contributed by atoms with E-state index in [1.54, 1.807) is 12.1 Å². The summed E-state index contributed by atoms with van der Waals surface area (Å²) in [4.78, 5) is 0.0402. The number of nitrogens with one attached hydrogen (secondary N) is 1. The number of hydrogen-bond donors (Lipinski definition) is 2. The standard InChI is InChI=1S/C13H22N2O4S/c1-9(2)11(8-14)15-20(16,17)13-7-10(18-3)5-6-12(13)19-4/h5-7,9,11,15H,8,14H2,1-4H3. The molecular weight excluding hydrogens is 280 g/mol. The number of hydrogen-bond acceptors (Lipinski definition) is 5. The lowest BCUT2D eigenvalue weighted by atomic mass is 10.1. The summed E-state index contributed by atoms with van der Waals surface area (Å²) in [6.07, 6.45) is 0. The quantitative estimate of drug-likeness (QED) is 0.783. The van der Waals surface area contributed by atoms with Gasteiger partial charge in [-0.3, -0.25) is 0 Å². The molecule has 1 aromatic rings. The molecule has 0 radical (unpaired) electrons. The molecule has 7 heteroatoms. The Morgan fingerprint density at radius 3 is 2.35 bits per heavy atom. The highest BCUT2D eigenvalue weighted by atomic mass is 32.2. The van der Waals surface area contributed by atoms with Gasteiger partial charge in [-0.15, -0.1) is 0 Å². The fourth-order valence-corrected chi connectivity index (χ4v) is 3.29. The van der Waals surface area contributed by atoms with Crippen LogP contribution in [-0.2, 0) is 10.0 Å². The monoisotopic (exact) mass is 302 g/mol. The summed E-state index contributed by atoms with van der Waals surface area (Å²) in [7, 11) is -0.832. The lowest BCUT2D eigenvalue weighted by molar-refractivity contribution is 0.390. The molecule has 1 rings (SSSR count). The first kappa shape index (κ1) is 16.7. The van der Waals surface area contributed by atoms with E-state index in [0.29, 0.717) is 5.75 Å². The maximum atomic E-state index is 12.5. The van der Waals surface area contributed by atoms with E-state index in [0.717, 1.165) is 0 Å². The van der Waals surface area contributed by atoms with Gasteiger partial charge in [-0.05, 0) is 18.1 Å². The predicted octanol–water partition coefficient (Wildman–Crippen LogP) is 0.965. The van der Waals surface area contributed by atoms with Crippen molar-refractivity contribution in [1.29, 1.82) is 0 Å². The van der Waals surface area contributed by atoms with Crippen LogP contribution in [0.3, 0.4) is 0 Å². The second-order valence-electron chi connectivity index (χ2n) is 4.72. The zero-order valence-electron chi connectivity index (χ0n) is 12.2. The lowest BCUT2D eigenvalue weighted by Crippen LogP contribution is -2.43. The van der Waals surface area contributed by atoms with E-state index in [1.807, 2.05) is 13.8 Å². The minimum Gasteiger partial charge on any atom is -0.497 e. The molecule has 0 aliphatic rings. The fourth-order valence-electron chi connectivity index (χ4n) is 1.71. The molecule has 114 valence electrons. The Morgan fingerprint density at radius 1 is 1.25 bits per heavy atom. The summed E-state index contributed by atoms with van der Waals surface area (Å²) in [6.45, 7) is 4.04. The van der Waals surface area contributed by atoms with Crippen LogP contribution in [0.5, 0.6) is 11.5 Å². The Balaban J connectivity index is 3.20. The van der Waals surface area contributed by atoms with Crippen molar-refractivity contribution in [3.63, 3.8) is 0 Å². The zero-order valence-corrected chi connectivity index (χ0v) is 13.0. The first-order chi connectivity index (χ1) is 9.35. The second kappa shape index (κ2) is 6.92. The number of methoxy groups -OCH3 is 2. The van der Waals surface area contributed by atoms with Crippen molar-refractivity contribution in [1.82, 2.24) is 4.72 Å². The lowest BCUT2D eigenvalue weighted by Gasteiger charge is -2.21. The molecule has 0 spiro atoms. The predicted molar refractivity (Wildman–Crippen MR) is 77.5 cm³/mol. The molecular formula is C13H22N2O4S.